The Morgan fingerprint density at radius 1 is 1.26 bits per heavy atom. The van der Waals surface area contributed by atoms with Crippen LogP contribution >= 0.6 is 0 Å². The number of ether oxygens (including phenoxy) is 1. The van der Waals surface area contributed by atoms with Gasteiger partial charge in [-0.1, -0.05) is 40.5 Å². The van der Waals surface area contributed by atoms with Gasteiger partial charge in [-0.05, 0) is 19.3 Å². The van der Waals surface area contributed by atoms with Gasteiger partial charge in [-0.3, -0.25) is 4.79 Å². The van der Waals surface area contributed by atoms with E-state index >= 15 is 0 Å². The Morgan fingerprint density at radius 3 is 2.53 bits per heavy atom. The van der Waals surface area contributed by atoms with Crippen molar-refractivity contribution in [2.45, 2.75) is 65.8 Å². The third-order valence-electron chi connectivity index (χ3n) is 3.42. The van der Waals surface area contributed by atoms with E-state index in [1.165, 1.54) is 0 Å². The summed E-state index contributed by atoms with van der Waals surface area (Å²) in [5.74, 6) is -0.188. The van der Waals surface area contributed by atoms with Crippen LogP contribution in [-0.2, 0) is 14.3 Å². The standard InChI is InChI=1S/C15H27NO3/c1-5-6-7-11-19-13(17)12-9-8-10-16(12)14(18)15(2,3)4/h12H,5-11H2,1-4H3. The Bertz CT molecular complexity index is 320. The zero-order valence-electron chi connectivity index (χ0n) is 12.7. The van der Waals surface area contributed by atoms with Crippen LogP contribution in [0.2, 0.25) is 0 Å². The number of rotatable bonds is 5. The van der Waals surface area contributed by atoms with Crippen LogP contribution in [0.25, 0.3) is 0 Å². The number of likely N-dealkylation sites (tertiary alicyclic amines) is 1. The van der Waals surface area contributed by atoms with Crippen molar-refractivity contribution in [3.63, 3.8) is 0 Å². The highest BCUT2D eigenvalue weighted by Crippen LogP contribution is 2.26. The van der Waals surface area contributed by atoms with Gasteiger partial charge in [0.15, 0.2) is 0 Å². The molecule has 0 spiro atoms. The molecule has 0 aliphatic carbocycles. The van der Waals surface area contributed by atoms with Gasteiger partial charge < -0.3 is 9.64 Å². The summed E-state index contributed by atoms with van der Waals surface area (Å²) in [7, 11) is 0. The third-order valence-corrected chi connectivity index (χ3v) is 3.42. The highest BCUT2D eigenvalue weighted by Gasteiger charge is 2.39. The first-order chi connectivity index (χ1) is 8.88. The zero-order valence-corrected chi connectivity index (χ0v) is 12.7. The van der Waals surface area contributed by atoms with Gasteiger partial charge in [0.05, 0.1) is 6.61 Å². The van der Waals surface area contributed by atoms with Gasteiger partial charge in [-0.25, -0.2) is 4.79 Å². The molecule has 1 atom stereocenters. The molecule has 19 heavy (non-hydrogen) atoms. The molecule has 4 nitrogen and oxygen atoms in total. The average molecular weight is 269 g/mol. The predicted molar refractivity (Wildman–Crippen MR) is 74.7 cm³/mol. The lowest BCUT2D eigenvalue weighted by Crippen LogP contribution is -2.46. The number of unbranched alkanes of at least 4 members (excludes halogenated alkanes) is 2. The van der Waals surface area contributed by atoms with Crippen LogP contribution in [0.15, 0.2) is 0 Å². The molecule has 4 heteroatoms. The van der Waals surface area contributed by atoms with Gasteiger partial charge in [0.2, 0.25) is 5.91 Å². The monoisotopic (exact) mass is 269 g/mol. The molecule has 1 aliphatic heterocycles. The molecule has 0 bridgehead atoms. The summed E-state index contributed by atoms with van der Waals surface area (Å²) in [6.07, 6.45) is 4.70. The van der Waals surface area contributed by atoms with Crippen molar-refractivity contribution in [1.82, 2.24) is 4.90 Å². The second-order valence-electron chi connectivity index (χ2n) is 6.28. The normalized spacial score (nSPS) is 19.6. The van der Waals surface area contributed by atoms with Crippen molar-refractivity contribution >= 4 is 11.9 Å². The molecule has 1 unspecified atom stereocenters. The molecule has 110 valence electrons. The lowest BCUT2D eigenvalue weighted by atomic mass is 9.94. The summed E-state index contributed by atoms with van der Waals surface area (Å²) in [6.45, 7) is 8.92. The fourth-order valence-corrected chi connectivity index (χ4v) is 2.31. The largest absolute Gasteiger partial charge is 0.464 e. The average Bonchev–Trinajstić information content (AvgIpc) is 2.81. The molecular weight excluding hydrogens is 242 g/mol. The summed E-state index contributed by atoms with van der Waals surface area (Å²) in [6, 6.07) is -0.367. The molecule has 0 aromatic heterocycles. The van der Waals surface area contributed by atoms with Crippen molar-refractivity contribution in [2.75, 3.05) is 13.2 Å². The van der Waals surface area contributed by atoms with E-state index < -0.39 is 5.41 Å². The number of hydrogen-bond donors (Lipinski definition) is 0. The van der Waals surface area contributed by atoms with Crippen molar-refractivity contribution in [1.29, 1.82) is 0 Å². The van der Waals surface area contributed by atoms with Gasteiger partial charge in [-0.15, -0.1) is 0 Å². The highest BCUT2D eigenvalue weighted by molar-refractivity contribution is 5.87. The van der Waals surface area contributed by atoms with Gasteiger partial charge in [0.25, 0.3) is 0 Å². The molecule has 1 fully saturated rings. The van der Waals surface area contributed by atoms with Crippen molar-refractivity contribution < 1.29 is 14.3 Å². The molecule has 1 aliphatic rings. The summed E-state index contributed by atoms with van der Waals surface area (Å²) in [4.78, 5) is 26.0. The van der Waals surface area contributed by atoms with Crippen LogP contribution in [0.3, 0.4) is 0 Å². The van der Waals surface area contributed by atoms with E-state index in [1.54, 1.807) is 4.90 Å². The molecule has 0 aromatic carbocycles. The molecule has 1 heterocycles. The van der Waals surface area contributed by atoms with Crippen LogP contribution < -0.4 is 0 Å². The Hall–Kier alpha value is -1.06. The van der Waals surface area contributed by atoms with Crippen molar-refractivity contribution in [2.24, 2.45) is 5.41 Å². The predicted octanol–water partition coefficient (Wildman–Crippen LogP) is 2.76. The second-order valence-corrected chi connectivity index (χ2v) is 6.28. The summed E-state index contributed by atoms with van der Waals surface area (Å²) in [5, 5.41) is 0. The fraction of sp³-hybridized carbons (Fsp3) is 0.867. The molecule has 0 N–H and O–H groups in total. The van der Waals surface area contributed by atoms with Crippen molar-refractivity contribution in [3.05, 3.63) is 0 Å². The molecule has 0 radical (unpaired) electrons. The van der Waals surface area contributed by atoms with Crippen LogP contribution in [-0.4, -0.2) is 36.0 Å². The first kappa shape index (κ1) is 16.0. The lowest BCUT2D eigenvalue weighted by molar-refractivity contribution is -0.156. The molecule has 1 saturated heterocycles. The first-order valence-corrected chi connectivity index (χ1v) is 7.35. The van der Waals surface area contributed by atoms with Gasteiger partial charge >= 0.3 is 5.97 Å². The molecule has 1 amide bonds. The smallest absolute Gasteiger partial charge is 0.328 e. The number of hydrogen-bond acceptors (Lipinski definition) is 3. The Morgan fingerprint density at radius 2 is 1.95 bits per heavy atom. The molecule has 1 rings (SSSR count). The summed E-state index contributed by atoms with van der Waals surface area (Å²) >= 11 is 0. The second kappa shape index (κ2) is 6.92. The van der Waals surface area contributed by atoms with E-state index in [9.17, 15) is 9.59 Å². The number of nitrogens with zero attached hydrogens (tertiary/aromatic N) is 1. The maximum atomic E-state index is 12.3. The number of esters is 1. The minimum atomic E-state index is -0.439. The van der Waals surface area contributed by atoms with Crippen LogP contribution in [0, 0.1) is 5.41 Å². The molecule has 0 aromatic rings. The third kappa shape index (κ3) is 4.51. The minimum Gasteiger partial charge on any atom is -0.464 e. The van der Waals surface area contributed by atoms with Crippen molar-refractivity contribution in [3.8, 4) is 0 Å². The van der Waals surface area contributed by atoms with E-state index in [4.69, 9.17) is 4.74 Å². The van der Waals surface area contributed by atoms with E-state index in [1.807, 2.05) is 20.8 Å². The van der Waals surface area contributed by atoms with Gasteiger partial charge in [0, 0.05) is 12.0 Å². The van der Waals surface area contributed by atoms with Crippen LogP contribution in [0.4, 0.5) is 0 Å². The number of carbonyl (C=O) groups is 2. The highest BCUT2D eigenvalue weighted by atomic mass is 16.5. The quantitative estimate of drug-likeness (QED) is 0.569. The topological polar surface area (TPSA) is 46.6 Å². The lowest BCUT2D eigenvalue weighted by Gasteiger charge is -2.29. The first-order valence-electron chi connectivity index (χ1n) is 7.35. The van der Waals surface area contributed by atoms with Crippen LogP contribution in [0.1, 0.15) is 59.8 Å². The SMILES string of the molecule is CCCCCOC(=O)C1CCCN1C(=O)C(C)(C)C. The van der Waals surface area contributed by atoms with E-state index in [0.29, 0.717) is 13.2 Å². The Balaban J connectivity index is 2.51. The van der Waals surface area contributed by atoms with E-state index in [0.717, 1.165) is 32.1 Å². The van der Waals surface area contributed by atoms with Gasteiger partial charge in [-0.2, -0.15) is 0 Å². The van der Waals surface area contributed by atoms with E-state index in [2.05, 4.69) is 6.92 Å². The Kier molecular flexibility index (Phi) is 5.83. The summed E-state index contributed by atoms with van der Waals surface area (Å²) < 4.78 is 5.29. The fourth-order valence-electron chi connectivity index (χ4n) is 2.31. The van der Waals surface area contributed by atoms with Gasteiger partial charge in [0.1, 0.15) is 6.04 Å². The Labute approximate surface area is 116 Å². The zero-order chi connectivity index (χ0) is 14.5. The maximum absolute atomic E-state index is 12.3. The minimum absolute atomic E-state index is 0.0421. The summed E-state index contributed by atoms with van der Waals surface area (Å²) in [5.41, 5.74) is -0.439. The van der Waals surface area contributed by atoms with Crippen LogP contribution in [0.5, 0.6) is 0 Å². The molecular formula is C15H27NO3. The van der Waals surface area contributed by atoms with E-state index in [-0.39, 0.29) is 17.9 Å². The number of amides is 1. The number of carbonyl (C=O) groups excluding carboxylic acids is 2. The molecule has 0 saturated carbocycles. The maximum Gasteiger partial charge on any atom is 0.328 e.